The highest BCUT2D eigenvalue weighted by atomic mass is 79.9. The summed E-state index contributed by atoms with van der Waals surface area (Å²) in [5.74, 6) is 0.478. The number of nitrogens with one attached hydrogen (secondary N) is 2. The van der Waals surface area contributed by atoms with Gasteiger partial charge >= 0.3 is 0 Å². The lowest BCUT2D eigenvalue weighted by Crippen LogP contribution is -2.00. The molecule has 0 aliphatic heterocycles. The van der Waals surface area contributed by atoms with Crippen molar-refractivity contribution in [1.29, 1.82) is 0 Å². The highest BCUT2D eigenvalue weighted by Crippen LogP contribution is 2.19. The molecule has 2 aromatic heterocycles. The van der Waals surface area contributed by atoms with Crippen LogP contribution in [-0.2, 0) is 6.54 Å². The number of anilines is 1. The van der Waals surface area contributed by atoms with Crippen LogP contribution in [0.2, 0.25) is 0 Å². The predicted octanol–water partition coefficient (Wildman–Crippen LogP) is 1.03. The van der Waals surface area contributed by atoms with E-state index in [1.165, 1.54) is 0 Å². The summed E-state index contributed by atoms with van der Waals surface area (Å²) < 4.78 is 1.01. The fourth-order valence-electron chi connectivity index (χ4n) is 0.761. The fraction of sp³-hybridized carbons (Fsp3) is 0.200. The lowest BCUT2D eigenvalue weighted by molar-refractivity contribution is 0.881. The summed E-state index contributed by atoms with van der Waals surface area (Å²) in [7, 11) is 0. The normalized spacial score (nSPS) is 10.2. The first kappa shape index (κ1) is 8.57. The average Bonchev–Trinajstić information content (AvgIpc) is 2.71. The Hall–Kier alpha value is -1.02. The molecule has 0 spiro atoms. The summed E-state index contributed by atoms with van der Waals surface area (Å²) in [6.45, 7) is 0.607. The Balaban J connectivity index is 1.93. The van der Waals surface area contributed by atoms with Crippen molar-refractivity contribution in [2.45, 2.75) is 6.54 Å². The number of aromatic nitrogens is 5. The van der Waals surface area contributed by atoms with Crippen LogP contribution in [0.5, 0.6) is 0 Å². The van der Waals surface area contributed by atoms with E-state index in [1.807, 2.05) is 0 Å². The van der Waals surface area contributed by atoms with Crippen molar-refractivity contribution in [3.63, 3.8) is 0 Å². The van der Waals surface area contributed by atoms with E-state index in [-0.39, 0.29) is 0 Å². The van der Waals surface area contributed by atoms with Gasteiger partial charge in [0.15, 0.2) is 0 Å². The van der Waals surface area contributed by atoms with Gasteiger partial charge in [-0.1, -0.05) is 5.10 Å². The number of H-pyrrole nitrogens is 1. The number of tetrazole rings is 1. The first-order valence-electron chi connectivity index (χ1n) is 3.42. The third kappa shape index (κ3) is 2.22. The lowest BCUT2D eigenvalue weighted by atomic mass is 10.7. The van der Waals surface area contributed by atoms with Gasteiger partial charge in [0, 0.05) is 0 Å². The first-order chi connectivity index (χ1) is 6.34. The summed E-state index contributed by atoms with van der Waals surface area (Å²) in [4.78, 5) is 4.14. The molecule has 0 fully saturated rings. The Morgan fingerprint density at radius 3 is 3.15 bits per heavy atom. The van der Waals surface area contributed by atoms with E-state index >= 15 is 0 Å². The number of hydrogen-bond acceptors (Lipinski definition) is 6. The molecule has 0 atom stereocenters. The van der Waals surface area contributed by atoms with E-state index in [1.54, 1.807) is 17.5 Å². The Bertz CT molecular complexity index is 370. The number of aromatic amines is 1. The van der Waals surface area contributed by atoms with Gasteiger partial charge in [-0.15, -0.1) is 16.4 Å². The molecule has 68 valence electrons. The van der Waals surface area contributed by atoms with Gasteiger partial charge in [-0.25, -0.2) is 4.98 Å². The van der Waals surface area contributed by atoms with Crippen molar-refractivity contribution in [2.24, 2.45) is 0 Å². The topological polar surface area (TPSA) is 79.4 Å². The van der Waals surface area contributed by atoms with Crippen LogP contribution in [0.25, 0.3) is 0 Å². The molecular formula is C5H5BrN6S. The van der Waals surface area contributed by atoms with Gasteiger partial charge in [0.2, 0.25) is 0 Å². The molecule has 2 aromatic rings. The third-order valence-corrected chi connectivity index (χ3v) is 2.74. The van der Waals surface area contributed by atoms with Crippen molar-refractivity contribution >= 4 is 33.2 Å². The minimum absolute atomic E-state index is 0.478. The Labute approximate surface area is 85.9 Å². The van der Waals surface area contributed by atoms with Gasteiger partial charge in [-0.3, -0.25) is 0 Å². The van der Waals surface area contributed by atoms with E-state index < -0.39 is 0 Å². The van der Waals surface area contributed by atoms with Gasteiger partial charge < -0.3 is 5.32 Å². The van der Waals surface area contributed by atoms with Crippen LogP contribution in [0.15, 0.2) is 9.98 Å². The first-order valence-corrected chi connectivity index (χ1v) is 5.03. The molecule has 2 N–H and O–H groups in total. The SMILES string of the molecule is Brc1cnc(CNc2nn[nH]n2)s1. The Morgan fingerprint density at radius 2 is 2.54 bits per heavy atom. The number of thiazole rings is 1. The van der Waals surface area contributed by atoms with Crippen molar-refractivity contribution in [3.05, 3.63) is 15.0 Å². The summed E-state index contributed by atoms with van der Waals surface area (Å²) in [5, 5.41) is 17.2. The molecule has 0 unspecified atom stereocenters. The van der Waals surface area contributed by atoms with Crippen LogP contribution < -0.4 is 5.32 Å². The minimum atomic E-state index is 0.478. The number of hydrogen-bond donors (Lipinski definition) is 2. The molecule has 6 nitrogen and oxygen atoms in total. The van der Waals surface area contributed by atoms with Crippen LogP contribution in [-0.4, -0.2) is 25.6 Å². The van der Waals surface area contributed by atoms with Gasteiger partial charge in [0.25, 0.3) is 5.95 Å². The lowest BCUT2D eigenvalue weighted by Gasteiger charge is -1.94. The third-order valence-electron chi connectivity index (χ3n) is 1.27. The molecule has 2 rings (SSSR count). The summed E-state index contributed by atoms with van der Waals surface area (Å²) in [6.07, 6.45) is 1.76. The van der Waals surface area contributed by atoms with E-state index in [4.69, 9.17) is 0 Å². The Kier molecular flexibility index (Phi) is 2.50. The molecule has 0 aromatic carbocycles. The molecular weight excluding hydrogens is 256 g/mol. The van der Waals surface area contributed by atoms with Gasteiger partial charge in [-0.2, -0.15) is 5.21 Å². The largest absolute Gasteiger partial charge is 0.345 e. The fourth-order valence-corrected chi connectivity index (χ4v) is 2.00. The van der Waals surface area contributed by atoms with E-state index in [0.717, 1.165) is 8.79 Å². The summed E-state index contributed by atoms with van der Waals surface area (Å²) in [6, 6.07) is 0. The molecule has 13 heavy (non-hydrogen) atoms. The zero-order chi connectivity index (χ0) is 9.10. The minimum Gasteiger partial charge on any atom is -0.345 e. The van der Waals surface area contributed by atoms with Crippen LogP contribution in [0.4, 0.5) is 5.95 Å². The second-order valence-corrected chi connectivity index (χ2v) is 4.64. The predicted molar refractivity (Wildman–Crippen MR) is 51.3 cm³/mol. The second-order valence-electron chi connectivity index (χ2n) is 2.15. The molecule has 0 radical (unpaired) electrons. The highest BCUT2D eigenvalue weighted by molar-refractivity contribution is 9.11. The number of halogens is 1. The zero-order valence-corrected chi connectivity index (χ0v) is 8.76. The van der Waals surface area contributed by atoms with E-state index in [9.17, 15) is 0 Å². The molecule has 0 aliphatic rings. The maximum absolute atomic E-state index is 4.14. The quantitative estimate of drug-likeness (QED) is 0.862. The van der Waals surface area contributed by atoms with Crippen LogP contribution >= 0.6 is 27.3 Å². The molecule has 2 heterocycles. The number of rotatable bonds is 3. The van der Waals surface area contributed by atoms with Crippen molar-refractivity contribution < 1.29 is 0 Å². The summed E-state index contributed by atoms with van der Waals surface area (Å²) in [5.41, 5.74) is 0. The van der Waals surface area contributed by atoms with Crippen LogP contribution in [0.1, 0.15) is 5.01 Å². The van der Waals surface area contributed by atoms with Gasteiger partial charge in [0.1, 0.15) is 5.01 Å². The maximum Gasteiger partial charge on any atom is 0.263 e. The second kappa shape index (κ2) is 3.79. The summed E-state index contributed by atoms with van der Waals surface area (Å²) >= 11 is 4.90. The Morgan fingerprint density at radius 1 is 1.62 bits per heavy atom. The number of nitrogens with zero attached hydrogens (tertiary/aromatic N) is 4. The standard InChI is InChI=1S/C5H5BrN6S/c6-3-1-7-4(13-3)2-8-5-9-11-12-10-5/h1H,2H2,(H2,8,9,10,11,12). The van der Waals surface area contributed by atoms with Gasteiger partial charge in [-0.05, 0) is 21.1 Å². The highest BCUT2D eigenvalue weighted by Gasteiger charge is 2.00. The molecule has 0 aliphatic carbocycles. The van der Waals surface area contributed by atoms with Crippen molar-refractivity contribution in [2.75, 3.05) is 5.32 Å². The van der Waals surface area contributed by atoms with E-state index in [0.29, 0.717) is 12.5 Å². The van der Waals surface area contributed by atoms with Crippen molar-refractivity contribution in [1.82, 2.24) is 25.6 Å². The monoisotopic (exact) mass is 260 g/mol. The average molecular weight is 261 g/mol. The molecule has 0 saturated carbocycles. The smallest absolute Gasteiger partial charge is 0.263 e. The van der Waals surface area contributed by atoms with E-state index in [2.05, 4.69) is 46.9 Å². The molecule has 0 amide bonds. The maximum atomic E-state index is 4.14. The molecule has 0 bridgehead atoms. The van der Waals surface area contributed by atoms with Crippen LogP contribution in [0, 0.1) is 0 Å². The molecule has 0 saturated heterocycles. The van der Waals surface area contributed by atoms with Crippen molar-refractivity contribution in [3.8, 4) is 0 Å². The van der Waals surface area contributed by atoms with Crippen LogP contribution in [0.3, 0.4) is 0 Å². The molecule has 8 heteroatoms. The zero-order valence-electron chi connectivity index (χ0n) is 6.36. The van der Waals surface area contributed by atoms with Gasteiger partial charge in [0.05, 0.1) is 16.5 Å².